The Morgan fingerprint density at radius 1 is 1.13 bits per heavy atom. The van der Waals surface area contributed by atoms with E-state index in [2.05, 4.69) is 6.58 Å². The molecule has 7 heteroatoms. The van der Waals surface area contributed by atoms with E-state index in [9.17, 15) is 9.90 Å². The van der Waals surface area contributed by atoms with Crippen LogP contribution in [0.25, 0.3) is 0 Å². The smallest absolute Gasteiger partial charge is 0.330 e. The Labute approximate surface area is 138 Å². The van der Waals surface area contributed by atoms with E-state index in [1.54, 1.807) is 6.92 Å². The van der Waals surface area contributed by atoms with Crippen molar-refractivity contribution in [1.29, 1.82) is 0 Å². The second kappa shape index (κ2) is 15.9. The first-order valence-electron chi connectivity index (χ1n) is 7.73. The summed E-state index contributed by atoms with van der Waals surface area (Å²) < 4.78 is 15.9. The van der Waals surface area contributed by atoms with Crippen LogP contribution in [0, 0.1) is 0 Å². The molecule has 0 aromatic heterocycles. The molecule has 0 aliphatic carbocycles. The molecular formula is C16H32O7. The van der Waals surface area contributed by atoms with E-state index in [0.29, 0.717) is 19.8 Å². The van der Waals surface area contributed by atoms with Crippen molar-refractivity contribution in [1.82, 2.24) is 0 Å². The first-order chi connectivity index (χ1) is 10.7. The largest absolute Gasteiger partial charge is 0.478 e. The molecule has 138 valence electrons. The molecule has 0 radical (unpaired) electrons. The van der Waals surface area contributed by atoms with Crippen molar-refractivity contribution in [3.63, 3.8) is 0 Å². The third kappa shape index (κ3) is 19.0. The van der Waals surface area contributed by atoms with Gasteiger partial charge in [-0.05, 0) is 27.2 Å². The number of carboxylic acid groups (broad SMARTS) is 1. The Kier molecular flexibility index (Phi) is 16.8. The maximum Gasteiger partial charge on any atom is 0.330 e. The number of rotatable bonds is 12. The highest BCUT2D eigenvalue weighted by atomic mass is 16.5. The molecule has 0 aromatic carbocycles. The average molecular weight is 336 g/mol. The van der Waals surface area contributed by atoms with Crippen LogP contribution < -0.4 is 0 Å². The van der Waals surface area contributed by atoms with E-state index >= 15 is 0 Å². The molecule has 0 aliphatic rings. The van der Waals surface area contributed by atoms with Gasteiger partial charge in [0.2, 0.25) is 0 Å². The molecule has 0 aromatic rings. The molecule has 7 nitrogen and oxygen atoms in total. The van der Waals surface area contributed by atoms with Gasteiger partial charge in [0, 0.05) is 12.2 Å². The summed E-state index contributed by atoms with van der Waals surface area (Å²) in [6.45, 7) is 11.9. The molecule has 0 amide bonds. The van der Waals surface area contributed by atoms with Gasteiger partial charge in [0.25, 0.3) is 0 Å². The SMILES string of the molecule is C=C(C)C(=O)O.CCCOCC(O)COC(C)COC(C)CO. The van der Waals surface area contributed by atoms with Crippen LogP contribution in [0.3, 0.4) is 0 Å². The molecule has 0 fully saturated rings. The highest BCUT2D eigenvalue weighted by Crippen LogP contribution is 1.98. The van der Waals surface area contributed by atoms with E-state index in [0.717, 1.165) is 6.42 Å². The lowest BCUT2D eigenvalue weighted by Crippen LogP contribution is -2.28. The highest BCUT2D eigenvalue weighted by Gasteiger charge is 2.10. The van der Waals surface area contributed by atoms with Gasteiger partial charge in [-0.2, -0.15) is 0 Å². The van der Waals surface area contributed by atoms with Crippen LogP contribution in [0.5, 0.6) is 0 Å². The van der Waals surface area contributed by atoms with E-state index in [1.807, 2.05) is 13.8 Å². The van der Waals surface area contributed by atoms with Crippen LogP contribution in [-0.2, 0) is 19.0 Å². The number of carboxylic acids is 1. The van der Waals surface area contributed by atoms with Crippen molar-refractivity contribution in [2.24, 2.45) is 0 Å². The quantitative estimate of drug-likeness (QED) is 0.363. The van der Waals surface area contributed by atoms with Crippen molar-refractivity contribution >= 4 is 5.97 Å². The lowest BCUT2D eigenvalue weighted by molar-refractivity contribution is -0.132. The standard InChI is InChI=1S/C12H26O5.C4H6O2/c1-4-5-15-8-12(14)9-17-11(3)7-16-10(2)6-13;1-3(2)4(5)6/h10-14H,4-9H2,1-3H3;1H2,2H3,(H,5,6). The molecule has 3 N–H and O–H groups in total. The maximum absolute atomic E-state index is 9.60. The zero-order valence-electron chi connectivity index (χ0n) is 14.7. The predicted molar refractivity (Wildman–Crippen MR) is 87.5 cm³/mol. The fourth-order valence-corrected chi connectivity index (χ4v) is 1.09. The fraction of sp³-hybridized carbons (Fsp3) is 0.812. The zero-order valence-corrected chi connectivity index (χ0v) is 14.7. The van der Waals surface area contributed by atoms with Crippen molar-refractivity contribution < 1.29 is 34.3 Å². The number of aliphatic carboxylic acids is 1. The van der Waals surface area contributed by atoms with Crippen molar-refractivity contribution in [2.45, 2.75) is 52.4 Å². The minimum atomic E-state index is -0.935. The Balaban J connectivity index is 0. The summed E-state index contributed by atoms with van der Waals surface area (Å²) in [5.41, 5.74) is 0.176. The van der Waals surface area contributed by atoms with Crippen LogP contribution >= 0.6 is 0 Å². The summed E-state index contributed by atoms with van der Waals surface area (Å²) in [5, 5.41) is 26.2. The summed E-state index contributed by atoms with van der Waals surface area (Å²) >= 11 is 0. The maximum atomic E-state index is 9.60. The second-order valence-electron chi connectivity index (χ2n) is 5.28. The van der Waals surface area contributed by atoms with Crippen LogP contribution in [0.2, 0.25) is 0 Å². The number of hydrogen-bond donors (Lipinski definition) is 3. The van der Waals surface area contributed by atoms with Gasteiger partial charge < -0.3 is 29.5 Å². The van der Waals surface area contributed by atoms with Crippen LogP contribution in [0.1, 0.15) is 34.1 Å². The van der Waals surface area contributed by atoms with Crippen LogP contribution in [0.4, 0.5) is 0 Å². The number of aliphatic hydroxyl groups excluding tert-OH is 2. The van der Waals surface area contributed by atoms with Crippen molar-refractivity contribution in [3.8, 4) is 0 Å². The van der Waals surface area contributed by atoms with Gasteiger partial charge in [-0.25, -0.2) is 4.79 Å². The normalized spacial score (nSPS) is 14.3. The molecule has 0 heterocycles. The molecule has 0 saturated heterocycles. The number of aliphatic hydroxyl groups is 2. The van der Waals surface area contributed by atoms with Gasteiger partial charge in [-0.3, -0.25) is 0 Å². The lowest BCUT2D eigenvalue weighted by atomic mass is 10.3. The Hall–Kier alpha value is -0.990. The van der Waals surface area contributed by atoms with Crippen molar-refractivity contribution in [2.75, 3.05) is 33.0 Å². The molecule has 0 aliphatic heterocycles. The zero-order chi connectivity index (χ0) is 18.3. The Morgan fingerprint density at radius 2 is 1.65 bits per heavy atom. The Bertz CT molecular complexity index is 295. The molecule has 3 unspecified atom stereocenters. The first-order valence-corrected chi connectivity index (χ1v) is 7.73. The van der Waals surface area contributed by atoms with Gasteiger partial charge in [0.05, 0.1) is 38.6 Å². The third-order valence-corrected chi connectivity index (χ3v) is 2.47. The third-order valence-electron chi connectivity index (χ3n) is 2.47. The minimum Gasteiger partial charge on any atom is -0.478 e. The van der Waals surface area contributed by atoms with Crippen LogP contribution in [-0.4, -0.2) is 72.6 Å². The highest BCUT2D eigenvalue weighted by molar-refractivity contribution is 5.84. The van der Waals surface area contributed by atoms with E-state index in [-0.39, 0.29) is 31.0 Å². The summed E-state index contributed by atoms with van der Waals surface area (Å²) in [5.74, 6) is -0.935. The second-order valence-corrected chi connectivity index (χ2v) is 5.28. The van der Waals surface area contributed by atoms with Crippen molar-refractivity contribution in [3.05, 3.63) is 12.2 Å². The van der Waals surface area contributed by atoms with Crippen LogP contribution in [0.15, 0.2) is 12.2 Å². The lowest BCUT2D eigenvalue weighted by Gasteiger charge is -2.18. The molecule has 0 spiro atoms. The van der Waals surface area contributed by atoms with E-state index in [4.69, 9.17) is 24.4 Å². The molecule has 23 heavy (non-hydrogen) atoms. The Morgan fingerprint density at radius 3 is 2.09 bits per heavy atom. The van der Waals surface area contributed by atoms with Gasteiger partial charge in [-0.15, -0.1) is 0 Å². The van der Waals surface area contributed by atoms with E-state index < -0.39 is 12.1 Å². The summed E-state index contributed by atoms with van der Waals surface area (Å²) in [6, 6.07) is 0. The van der Waals surface area contributed by atoms with Gasteiger partial charge in [-0.1, -0.05) is 13.5 Å². The summed E-state index contributed by atoms with van der Waals surface area (Å²) in [6.07, 6.45) is 0.0552. The topological polar surface area (TPSA) is 105 Å². The number of carbonyl (C=O) groups is 1. The fourth-order valence-electron chi connectivity index (χ4n) is 1.09. The molecule has 0 saturated carbocycles. The average Bonchev–Trinajstić information content (AvgIpc) is 2.51. The number of ether oxygens (including phenoxy) is 3. The summed E-state index contributed by atoms with van der Waals surface area (Å²) in [7, 11) is 0. The first kappa shape index (κ1) is 24.3. The summed E-state index contributed by atoms with van der Waals surface area (Å²) in [4.78, 5) is 9.60. The molecular weight excluding hydrogens is 304 g/mol. The number of hydrogen-bond acceptors (Lipinski definition) is 6. The molecule has 0 rings (SSSR count). The molecule has 3 atom stereocenters. The van der Waals surface area contributed by atoms with Gasteiger partial charge in [0.15, 0.2) is 0 Å². The van der Waals surface area contributed by atoms with E-state index in [1.165, 1.54) is 6.92 Å². The van der Waals surface area contributed by atoms with Gasteiger partial charge in [0.1, 0.15) is 6.10 Å². The predicted octanol–water partition coefficient (Wildman–Crippen LogP) is 1.22. The van der Waals surface area contributed by atoms with Gasteiger partial charge >= 0.3 is 5.97 Å². The minimum absolute atomic E-state index is 0.000201. The monoisotopic (exact) mass is 336 g/mol. The molecule has 0 bridgehead atoms.